The SMILES string of the molecule is CCn1nc(C)c(Cl)c1CC(C(=O)O)C(C)(C)C. The molecule has 5 heteroatoms. The van der Waals surface area contributed by atoms with Crippen molar-refractivity contribution in [2.75, 3.05) is 0 Å². The van der Waals surface area contributed by atoms with Crippen molar-refractivity contribution in [2.45, 2.75) is 47.6 Å². The second-order valence-corrected chi connectivity index (χ2v) is 6.00. The van der Waals surface area contributed by atoms with E-state index in [1.165, 1.54) is 0 Å². The highest BCUT2D eigenvalue weighted by Crippen LogP contribution is 2.32. The van der Waals surface area contributed by atoms with Gasteiger partial charge >= 0.3 is 5.97 Å². The van der Waals surface area contributed by atoms with Crippen LogP contribution in [0.1, 0.15) is 39.1 Å². The van der Waals surface area contributed by atoms with Gasteiger partial charge in [0.15, 0.2) is 0 Å². The van der Waals surface area contributed by atoms with Crippen LogP contribution < -0.4 is 0 Å². The van der Waals surface area contributed by atoms with Crippen molar-refractivity contribution in [1.82, 2.24) is 9.78 Å². The van der Waals surface area contributed by atoms with Gasteiger partial charge in [0, 0.05) is 13.0 Å². The Hall–Kier alpha value is -1.03. The smallest absolute Gasteiger partial charge is 0.307 e. The van der Waals surface area contributed by atoms with Crippen LogP contribution >= 0.6 is 11.6 Å². The number of rotatable bonds is 4. The average molecular weight is 273 g/mol. The number of nitrogens with zero attached hydrogens (tertiary/aromatic N) is 2. The van der Waals surface area contributed by atoms with Gasteiger partial charge in [-0.3, -0.25) is 9.48 Å². The van der Waals surface area contributed by atoms with Crippen LogP contribution in [0.25, 0.3) is 0 Å². The van der Waals surface area contributed by atoms with E-state index in [0.717, 1.165) is 11.4 Å². The lowest BCUT2D eigenvalue weighted by Gasteiger charge is -2.27. The van der Waals surface area contributed by atoms with Crippen LogP contribution in [0.3, 0.4) is 0 Å². The Labute approximate surface area is 113 Å². The van der Waals surface area contributed by atoms with Gasteiger partial charge in [-0.05, 0) is 19.3 Å². The molecule has 1 rings (SSSR count). The summed E-state index contributed by atoms with van der Waals surface area (Å²) in [5.74, 6) is -1.27. The molecule has 0 aliphatic carbocycles. The largest absolute Gasteiger partial charge is 0.481 e. The molecule has 1 atom stereocenters. The van der Waals surface area contributed by atoms with Gasteiger partial charge < -0.3 is 5.11 Å². The summed E-state index contributed by atoms with van der Waals surface area (Å²) in [6.07, 6.45) is 0.409. The highest BCUT2D eigenvalue weighted by Gasteiger charge is 2.33. The molecular formula is C13H21ClN2O2. The van der Waals surface area contributed by atoms with E-state index < -0.39 is 11.9 Å². The summed E-state index contributed by atoms with van der Waals surface area (Å²) < 4.78 is 1.79. The Balaban J connectivity index is 3.12. The van der Waals surface area contributed by atoms with Crippen LogP contribution in [0.5, 0.6) is 0 Å². The van der Waals surface area contributed by atoms with Crippen molar-refractivity contribution in [3.8, 4) is 0 Å². The molecule has 18 heavy (non-hydrogen) atoms. The molecule has 0 aromatic carbocycles. The topological polar surface area (TPSA) is 55.1 Å². The Morgan fingerprint density at radius 1 is 1.50 bits per heavy atom. The minimum atomic E-state index is -0.792. The number of carbonyl (C=O) groups is 1. The molecule has 0 saturated carbocycles. The molecular weight excluding hydrogens is 252 g/mol. The molecule has 102 valence electrons. The van der Waals surface area contributed by atoms with E-state index in [1.54, 1.807) is 4.68 Å². The fraction of sp³-hybridized carbons (Fsp3) is 0.692. The molecule has 0 amide bonds. The minimum Gasteiger partial charge on any atom is -0.481 e. The van der Waals surface area contributed by atoms with Crippen molar-refractivity contribution in [2.24, 2.45) is 11.3 Å². The molecule has 1 N–H and O–H groups in total. The lowest BCUT2D eigenvalue weighted by molar-refractivity contribution is -0.145. The Morgan fingerprint density at radius 2 is 2.06 bits per heavy atom. The van der Waals surface area contributed by atoms with Crippen LogP contribution in [-0.4, -0.2) is 20.9 Å². The van der Waals surface area contributed by atoms with Gasteiger partial charge in [0.2, 0.25) is 0 Å². The summed E-state index contributed by atoms with van der Waals surface area (Å²) in [5, 5.41) is 14.3. The van der Waals surface area contributed by atoms with Crippen LogP contribution in [0.2, 0.25) is 5.02 Å². The summed E-state index contributed by atoms with van der Waals surface area (Å²) in [7, 11) is 0. The first-order chi connectivity index (χ1) is 8.18. The number of halogens is 1. The molecule has 0 saturated heterocycles. The zero-order valence-electron chi connectivity index (χ0n) is 11.6. The number of carboxylic acid groups (broad SMARTS) is 1. The first-order valence-electron chi connectivity index (χ1n) is 6.13. The van der Waals surface area contributed by atoms with Crippen molar-refractivity contribution in [3.63, 3.8) is 0 Å². The third-order valence-electron chi connectivity index (χ3n) is 3.19. The minimum absolute atomic E-state index is 0.314. The number of hydrogen-bond donors (Lipinski definition) is 1. The van der Waals surface area contributed by atoms with Crippen molar-refractivity contribution < 1.29 is 9.90 Å². The maximum atomic E-state index is 11.4. The highest BCUT2D eigenvalue weighted by atomic mass is 35.5. The summed E-state index contributed by atoms with van der Waals surface area (Å²) >= 11 is 6.22. The zero-order chi connectivity index (χ0) is 14.1. The van der Waals surface area contributed by atoms with Gasteiger partial charge in [-0.25, -0.2) is 0 Å². The zero-order valence-corrected chi connectivity index (χ0v) is 12.4. The molecule has 1 unspecified atom stereocenters. The van der Waals surface area contributed by atoms with Gasteiger partial charge in [0.25, 0.3) is 0 Å². The van der Waals surface area contributed by atoms with Crippen molar-refractivity contribution in [1.29, 1.82) is 0 Å². The van der Waals surface area contributed by atoms with Gasteiger partial charge in [-0.2, -0.15) is 5.10 Å². The Kier molecular flexibility index (Phi) is 4.43. The first kappa shape index (κ1) is 15.0. The highest BCUT2D eigenvalue weighted by molar-refractivity contribution is 6.31. The molecule has 1 heterocycles. The normalized spacial score (nSPS) is 13.7. The number of aryl methyl sites for hydroxylation is 2. The lowest BCUT2D eigenvalue weighted by Crippen LogP contribution is -2.31. The molecule has 0 aliphatic rings. The van der Waals surface area contributed by atoms with E-state index in [0.29, 0.717) is 18.0 Å². The van der Waals surface area contributed by atoms with Crippen LogP contribution in [0.15, 0.2) is 0 Å². The summed E-state index contributed by atoms with van der Waals surface area (Å²) in [5.41, 5.74) is 1.26. The molecule has 0 radical (unpaired) electrons. The molecule has 0 fully saturated rings. The second kappa shape index (κ2) is 5.31. The predicted molar refractivity (Wildman–Crippen MR) is 71.9 cm³/mol. The molecule has 1 aromatic rings. The maximum absolute atomic E-state index is 11.4. The average Bonchev–Trinajstić information content (AvgIpc) is 2.50. The first-order valence-corrected chi connectivity index (χ1v) is 6.50. The molecule has 4 nitrogen and oxygen atoms in total. The summed E-state index contributed by atoms with van der Waals surface area (Å²) in [6.45, 7) is 10.3. The van der Waals surface area contributed by atoms with E-state index in [1.807, 2.05) is 34.6 Å². The molecule has 0 aliphatic heterocycles. The fourth-order valence-electron chi connectivity index (χ4n) is 2.02. The third kappa shape index (κ3) is 3.05. The standard InChI is InChI=1S/C13H21ClN2O2/c1-6-16-10(11(14)8(2)15-16)7-9(12(17)18)13(3,4)5/h9H,6-7H2,1-5H3,(H,17,18). The van der Waals surface area contributed by atoms with E-state index in [2.05, 4.69) is 5.10 Å². The van der Waals surface area contributed by atoms with Crippen LogP contribution in [-0.2, 0) is 17.8 Å². The third-order valence-corrected chi connectivity index (χ3v) is 3.69. The molecule has 0 spiro atoms. The fourth-order valence-corrected chi connectivity index (χ4v) is 2.23. The van der Waals surface area contributed by atoms with Gasteiger partial charge in [-0.15, -0.1) is 0 Å². The quantitative estimate of drug-likeness (QED) is 0.916. The van der Waals surface area contributed by atoms with Gasteiger partial charge in [-0.1, -0.05) is 32.4 Å². The Morgan fingerprint density at radius 3 is 2.44 bits per heavy atom. The number of aliphatic carboxylic acids is 1. The van der Waals surface area contributed by atoms with E-state index >= 15 is 0 Å². The van der Waals surface area contributed by atoms with Crippen LogP contribution in [0, 0.1) is 18.3 Å². The molecule has 1 aromatic heterocycles. The number of hydrogen-bond acceptors (Lipinski definition) is 2. The lowest BCUT2D eigenvalue weighted by atomic mass is 9.78. The van der Waals surface area contributed by atoms with E-state index in [4.69, 9.17) is 11.6 Å². The molecule has 0 bridgehead atoms. The number of carboxylic acids is 1. The number of aromatic nitrogens is 2. The summed E-state index contributed by atoms with van der Waals surface area (Å²) in [6, 6.07) is 0. The van der Waals surface area contributed by atoms with E-state index in [9.17, 15) is 9.90 Å². The van der Waals surface area contributed by atoms with Gasteiger partial charge in [0.1, 0.15) is 0 Å². The monoisotopic (exact) mass is 272 g/mol. The van der Waals surface area contributed by atoms with Gasteiger partial charge in [0.05, 0.1) is 22.3 Å². The van der Waals surface area contributed by atoms with Crippen molar-refractivity contribution >= 4 is 17.6 Å². The summed E-state index contributed by atoms with van der Waals surface area (Å²) in [4.78, 5) is 11.4. The maximum Gasteiger partial charge on any atom is 0.307 e. The second-order valence-electron chi connectivity index (χ2n) is 5.62. The Bertz CT molecular complexity index is 447. The van der Waals surface area contributed by atoms with Crippen LogP contribution in [0.4, 0.5) is 0 Å². The van der Waals surface area contributed by atoms with Crippen molar-refractivity contribution in [3.05, 3.63) is 16.4 Å². The van der Waals surface area contributed by atoms with E-state index in [-0.39, 0.29) is 5.41 Å². The predicted octanol–water partition coefficient (Wildman–Crippen LogP) is 3.15.